The zero-order valence-electron chi connectivity index (χ0n) is 12.0. The molecule has 0 amide bonds. The lowest BCUT2D eigenvalue weighted by atomic mass is 10.2. The molecule has 1 aromatic carbocycles. The van der Waals surface area contributed by atoms with Gasteiger partial charge in [-0.05, 0) is 12.1 Å². The van der Waals surface area contributed by atoms with Crippen LogP contribution in [0.5, 0.6) is 0 Å². The van der Waals surface area contributed by atoms with Crippen LogP contribution in [0.1, 0.15) is 5.69 Å². The molecule has 3 rings (SSSR count). The van der Waals surface area contributed by atoms with Crippen molar-refractivity contribution in [1.29, 1.82) is 0 Å². The highest BCUT2D eigenvalue weighted by Crippen LogP contribution is 2.19. The van der Waals surface area contributed by atoms with Crippen LogP contribution < -0.4 is 4.80 Å². The smallest absolute Gasteiger partial charge is 0.206 e. The molecule has 4 nitrogen and oxygen atoms in total. The molecule has 22 heavy (non-hydrogen) atoms. The van der Waals surface area contributed by atoms with Gasteiger partial charge in [0.2, 0.25) is 4.80 Å². The minimum atomic E-state index is 0.576. The summed E-state index contributed by atoms with van der Waals surface area (Å²) in [4.78, 5) is 8.47. The predicted octanol–water partition coefficient (Wildman–Crippen LogP) is 3.51. The molecule has 2 aromatic heterocycles. The average molecular weight is 308 g/mol. The Balaban J connectivity index is 2.07. The normalized spacial score (nSPS) is 12.1. The van der Waals surface area contributed by atoms with Gasteiger partial charge in [-0.15, -0.1) is 17.9 Å². The minimum Gasteiger partial charge on any atom is -0.360 e. The Bertz CT molecular complexity index is 823. The van der Waals surface area contributed by atoms with Crippen LogP contribution in [0.25, 0.3) is 11.3 Å². The third-order valence-electron chi connectivity index (χ3n) is 3.04. The number of aromatic nitrogens is 2. The van der Waals surface area contributed by atoms with Crippen molar-refractivity contribution < 1.29 is 0 Å². The molecule has 0 bridgehead atoms. The van der Waals surface area contributed by atoms with Crippen molar-refractivity contribution >= 4 is 17.6 Å². The van der Waals surface area contributed by atoms with E-state index in [9.17, 15) is 0 Å². The zero-order chi connectivity index (χ0) is 15.2. The fourth-order valence-electron chi connectivity index (χ4n) is 2.01. The molecule has 3 aromatic rings. The van der Waals surface area contributed by atoms with Crippen molar-refractivity contribution in [2.24, 2.45) is 10.1 Å². The molecule has 0 aliphatic heterocycles. The van der Waals surface area contributed by atoms with Crippen LogP contribution in [0.3, 0.4) is 0 Å². The quantitative estimate of drug-likeness (QED) is 0.554. The van der Waals surface area contributed by atoms with Crippen molar-refractivity contribution in [3.63, 3.8) is 0 Å². The summed E-state index contributed by atoms with van der Waals surface area (Å²) in [7, 11) is 0. The Labute approximate surface area is 132 Å². The topological polar surface area (TPSA) is 45.4 Å². The number of nitrogens with zero attached hydrogens (tertiary/aromatic N) is 3. The van der Waals surface area contributed by atoms with E-state index < -0.39 is 0 Å². The van der Waals surface area contributed by atoms with E-state index in [0.717, 1.165) is 21.8 Å². The standard InChI is InChI=1S/C17H16N4S/c1-2-10-19-17-21(20-12-15-9-6-11-18-15)16(13-22-17)14-7-4-3-5-8-14/h2-9,11-13,18H,1,10H2. The highest BCUT2D eigenvalue weighted by molar-refractivity contribution is 7.07. The molecule has 0 unspecified atom stereocenters. The lowest BCUT2D eigenvalue weighted by Crippen LogP contribution is -2.12. The van der Waals surface area contributed by atoms with Crippen LogP contribution in [0, 0.1) is 0 Å². The fourth-order valence-corrected chi connectivity index (χ4v) is 2.86. The summed E-state index contributed by atoms with van der Waals surface area (Å²) in [5.74, 6) is 0. The molecule has 0 fully saturated rings. The first kappa shape index (κ1) is 14.3. The van der Waals surface area contributed by atoms with Crippen LogP contribution in [-0.4, -0.2) is 22.4 Å². The Hall–Kier alpha value is -2.66. The van der Waals surface area contributed by atoms with Crippen LogP contribution in [0.15, 0.2) is 76.8 Å². The number of hydrogen-bond acceptors (Lipinski definition) is 3. The highest BCUT2D eigenvalue weighted by Gasteiger charge is 2.06. The molecule has 0 aliphatic carbocycles. The Kier molecular flexibility index (Phi) is 4.46. The molecule has 0 saturated heterocycles. The molecule has 0 atom stereocenters. The van der Waals surface area contributed by atoms with E-state index in [2.05, 4.69) is 39.2 Å². The van der Waals surface area contributed by atoms with E-state index >= 15 is 0 Å². The van der Waals surface area contributed by atoms with E-state index in [-0.39, 0.29) is 0 Å². The Morgan fingerprint density at radius 2 is 2.05 bits per heavy atom. The zero-order valence-corrected chi connectivity index (χ0v) is 12.8. The van der Waals surface area contributed by atoms with Gasteiger partial charge < -0.3 is 4.98 Å². The first-order chi connectivity index (χ1) is 10.9. The van der Waals surface area contributed by atoms with Crippen molar-refractivity contribution in [2.45, 2.75) is 0 Å². The average Bonchev–Trinajstić information content (AvgIpc) is 3.21. The summed E-state index contributed by atoms with van der Waals surface area (Å²) < 4.78 is 1.87. The van der Waals surface area contributed by atoms with Gasteiger partial charge in [-0.2, -0.15) is 5.10 Å². The second-order valence-corrected chi connectivity index (χ2v) is 5.42. The molecule has 110 valence electrons. The van der Waals surface area contributed by atoms with Gasteiger partial charge in [-0.3, -0.25) is 4.99 Å². The number of nitrogens with one attached hydrogen (secondary N) is 1. The van der Waals surface area contributed by atoms with Crippen molar-refractivity contribution in [3.8, 4) is 11.3 Å². The van der Waals surface area contributed by atoms with Gasteiger partial charge in [-0.25, -0.2) is 4.68 Å². The first-order valence-electron chi connectivity index (χ1n) is 6.93. The van der Waals surface area contributed by atoms with Crippen molar-refractivity contribution in [2.75, 3.05) is 6.54 Å². The molecular weight excluding hydrogens is 292 g/mol. The summed E-state index contributed by atoms with van der Waals surface area (Å²) in [5, 5.41) is 6.65. The Morgan fingerprint density at radius 1 is 1.18 bits per heavy atom. The van der Waals surface area contributed by atoms with Crippen molar-refractivity contribution in [3.05, 3.63) is 77.2 Å². The summed E-state index contributed by atoms with van der Waals surface area (Å²) in [6.07, 6.45) is 5.45. The number of hydrogen-bond donors (Lipinski definition) is 1. The molecular formula is C17H16N4S. The van der Waals surface area contributed by atoms with E-state index in [0.29, 0.717) is 6.54 Å². The molecule has 0 radical (unpaired) electrons. The van der Waals surface area contributed by atoms with Gasteiger partial charge in [0, 0.05) is 17.1 Å². The maximum Gasteiger partial charge on any atom is 0.206 e. The summed E-state index contributed by atoms with van der Waals surface area (Å²) in [6.45, 7) is 4.29. The van der Waals surface area contributed by atoms with E-state index in [1.807, 2.05) is 41.2 Å². The predicted molar refractivity (Wildman–Crippen MR) is 92.2 cm³/mol. The largest absolute Gasteiger partial charge is 0.360 e. The summed E-state index contributed by atoms with van der Waals surface area (Å²) in [5.41, 5.74) is 3.09. The van der Waals surface area contributed by atoms with Crippen LogP contribution in [0.4, 0.5) is 0 Å². The number of H-pyrrole nitrogens is 1. The van der Waals surface area contributed by atoms with Crippen LogP contribution in [0.2, 0.25) is 0 Å². The maximum atomic E-state index is 4.58. The van der Waals surface area contributed by atoms with Crippen molar-refractivity contribution in [1.82, 2.24) is 9.66 Å². The van der Waals surface area contributed by atoms with Gasteiger partial charge >= 0.3 is 0 Å². The van der Waals surface area contributed by atoms with E-state index in [1.165, 1.54) is 0 Å². The third kappa shape index (κ3) is 3.15. The monoisotopic (exact) mass is 308 g/mol. The summed E-state index contributed by atoms with van der Waals surface area (Å²) in [6, 6.07) is 14.1. The number of rotatable bonds is 5. The number of benzene rings is 1. The Morgan fingerprint density at radius 3 is 2.77 bits per heavy atom. The molecule has 0 saturated carbocycles. The number of aromatic amines is 1. The number of thiazole rings is 1. The fraction of sp³-hybridized carbons (Fsp3) is 0.0588. The van der Waals surface area contributed by atoms with Crippen LogP contribution in [-0.2, 0) is 0 Å². The third-order valence-corrected chi connectivity index (χ3v) is 3.90. The lowest BCUT2D eigenvalue weighted by molar-refractivity contribution is 0.840. The van der Waals surface area contributed by atoms with Gasteiger partial charge in [0.25, 0.3) is 0 Å². The SMILES string of the molecule is C=CCN=c1scc(-c2ccccc2)n1N=Cc1ccc[nH]1. The summed E-state index contributed by atoms with van der Waals surface area (Å²) >= 11 is 1.57. The van der Waals surface area contributed by atoms with E-state index in [1.54, 1.807) is 23.6 Å². The molecule has 2 heterocycles. The second kappa shape index (κ2) is 6.87. The van der Waals surface area contributed by atoms with E-state index in [4.69, 9.17) is 0 Å². The first-order valence-corrected chi connectivity index (χ1v) is 7.81. The minimum absolute atomic E-state index is 0.576. The maximum absolute atomic E-state index is 4.58. The molecule has 1 N–H and O–H groups in total. The molecule has 5 heteroatoms. The molecule has 0 aliphatic rings. The van der Waals surface area contributed by atoms with Crippen LogP contribution >= 0.6 is 11.3 Å². The van der Waals surface area contributed by atoms with Gasteiger partial charge in [-0.1, -0.05) is 36.4 Å². The highest BCUT2D eigenvalue weighted by atomic mass is 32.1. The van der Waals surface area contributed by atoms with Gasteiger partial charge in [0.1, 0.15) is 0 Å². The second-order valence-electron chi connectivity index (χ2n) is 4.58. The lowest BCUT2D eigenvalue weighted by Gasteiger charge is -2.02. The molecule has 0 spiro atoms. The van der Waals surface area contributed by atoms with Gasteiger partial charge in [0.15, 0.2) is 0 Å². The van der Waals surface area contributed by atoms with Gasteiger partial charge in [0.05, 0.1) is 24.1 Å².